The molecule has 1 amide bonds. The maximum absolute atomic E-state index is 12.4. The van der Waals surface area contributed by atoms with Crippen molar-refractivity contribution in [1.82, 2.24) is 4.98 Å². The Morgan fingerprint density at radius 3 is 2.58 bits per heavy atom. The molecule has 3 rings (SSSR count). The summed E-state index contributed by atoms with van der Waals surface area (Å²) in [5.74, 6) is -1.65. The standard InChI is InChI=1S/C17H13F3N2O2/c1-9-4-3-5-11(6-9)15-22-13-8-12(7-10(2)14(13)24-15)21-16(23)17(18,19)20/h3-8H,1-2H3,(H,21,23). The minimum Gasteiger partial charge on any atom is -0.436 e. The summed E-state index contributed by atoms with van der Waals surface area (Å²) in [6, 6.07) is 10.3. The lowest BCUT2D eigenvalue weighted by atomic mass is 10.1. The SMILES string of the molecule is Cc1cccc(-c2nc3cc(NC(=O)C(F)(F)F)cc(C)c3o2)c1. The van der Waals surface area contributed by atoms with Gasteiger partial charge < -0.3 is 9.73 Å². The monoisotopic (exact) mass is 334 g/mol. The lowest BCUT2D eigenvalue weighted by Gasteiger charge is -2.08. The summed E-state index contributed by atoms with van der Waals surface area (Å²) < 4.78 is 42.8. The molecule has 0 aliphatic heterocycles. The summed E-state index contributed by atoms with van der Waals surface area (Å²) in [6.07, 6.45) is -4.95. The van der Waals surface area contributed by atoms with E-state index in [1.54, 1.807) is 6.92 Å². The molecule has 1 aromatic heterocycles. The number of amides is 1. The Hall–Kier alpha value is -2.83. The number of carbonyl (C=O) groups excluding carboxylic acids is 1. The number of rotatable bonds is 2. The van der Waals surface area contributed by atoms with Gasteiger partial charge in [0.1, 0.15) is 5.52 Å². The summed E-state index contributed by atoms with van der Waals surface area (Å²) in [7, 11) is 0. The smallest absolute Gasteiger partial charge is 0.436 e. The van der Waals surface area contributed by atoms with Crippen LogP contribution in [0, 0.1) is 13.8 Å². The van der Waals surface area contributed by atoms with Gasteiger partial charge in [0.2, 0.25) is 5.89 Å². The third-order valence-corrected chi connectivity index (χ3v) is 3.46. The average Bonchev–Trinajstić information content (AvgIpc) is 2.91. The van der Waals surface area contributed by atoms with Crippen LogP contribution in [-0.4, -0.2) is 17.1 Å². The summed E-state index contributed by atoms with van der Waals surface area (Å²) in [5.41, 5.74) is 3.25. The lowest BCUT2D eigenvalue weighted by molar-refractivity contribution is -0.167. The van der Waals surface area contributed by atoms with Gasteiger partial charge in [-0.15, -0.1) is 0 Å². The van der Waals surface area contributed by atoms with E-state index in [9.17, 15) is 18.0 Å². The normalized spacial score (nSPS) is 11.7. The largest absolute Gasteiger partial charge is 0.471 e. The molecule has 0 spiro atoms. The minimum absolute atomic E-state index is 0.0198. The molecule has 0 unspecified atom stereocenters. The first kappa shape index (κ1) is 16.0. The van der Waals surface area contributed by atoms with Gasteiger partial charge in [-0.05, 0) is 43.7 Å². The highest BCUT2D eigenvalue weighted by Gasteiger charge is 2.38. The molecule has 0 saturated carbocycles. The fourth-order valence-corrected chi connectivity index (χ4v) is 2.38. The predicted octanol–water partition coefficient (Wildman–Crippen LogP) is 4.61. The number of aromatic nitrogens is 1. The van der Waals surface area contributed by atoms with Crippen LogP contribution >= 0.6 is 0 Å². The van der Waals surface area contributed by atoms with Gasteiger partial charge in [0.05, 0.1) is 0 Å². The van der Waals surface area contributed by atoms with Crippen molar-refractivity contribution in [2.24, 2.45) is 0 Å². The van der Waals surface area contributed by atoms with Gasteiger partial charge in [-0.3, -0.25) is 4.79 Å². The van der Waals surface area contributed by atoms with Crippen molar-refractivity contribution in [3.05, 3.63) is 47.5 Å². The van der Waals surface area contributed by atoms with Crippen LogP contribution in [-0.2, 0) is 4.79 Å². The van der Waals surface area contributed by atoms with Crippen LogP contribution in [0.4, 0.5) is 18.9 Å². The maximum atomic E-state index is 12.4. The van der Waals surface area contributed by atoms with E-state index in [2.05, 4.69) is 4.98 Å². The summed E-state index contributed by atoms with van der Waals surface area (Å²) in [4.78, 5) is 15.4. The molecule has 0 radical (unpaired) electrons. The van der Waals surface area contributed by atoms with Crippen molar-refractivity contribution in [2.45, 2.75) is 20.0 Å². The molecule has 124 valence electrons. The van der Waals surface area contributed by atoms with Crippen LogP contribution < -0.4 is 5.32 Å². The number of fused-ring (bicyclic) bond motifs is 1. The molecule has 3 aromatic rings. The molecule has 2 aromatic carbocycles. The van der Waals surface area contributed by atoms with Crippen LogP contribution in [0.25, 0.3) is 22.6 Å². The van der Waals surface area contributed by atoms with Crippen molar-refractivity contribution >= 4 is 22.7 Å². The van der Waals surface area contributed by atoms with Gasteiger partial charge in [0.25, 0.3) is 0 Å². The van der Waals surface area contributed by atoms with Crippen molar-refractivity contribution in [1.29, 1.82) is 0 Å². The van der Waals surface area contributed by atoms with E-state index < -0.39 is 12.1 Å². The summed E-state index contributed by atoms with van der Waals surface area (Å²) in [6.45, 7) is 3.61. The molecule has 0 fully saturated rings. The number of nitrogens with zero attached hydrogens (tertiary/aromatic N) is 1. The van der Waals surface area contributed by atoms with E-state index in [0.29, 0.717) is 22.6 Å². The zero-order valence-corrected chi connectivity index (χ0v) is 12.9. The van der Waals surface area contributed by atoms with Gasteiger partial charge in [0.15, 0.2) is 5.58 Å². The molecule has 0 saturated heterocycles. The van der Waals surface area contributed by atoms with Crippen molar-refractivity contribution in [3.63, 3.8) is 0 Å². The highest BCUT2D eigenvalue weighted by Crippen LogP contribution is 2.30. The Balaban J connectivity index is 2.01. The van der Waals surface area contributed by atoms with Crippen molar-refractivity contribution in [2.75, 3.05) is 5.32 Å². The van der Waals surface area contributed by atoms with Gasteiger partial charge >= 0.3 is 12.1 Å². The molecule has 4 nitrogen and oxygen atoms in total. The second kappa shape index (κ2) is 5.67. The Bertz CT molecular complexity index is 929. The van der Waals surface area contributed by atoms with Gasteiger partial charge in [0, 0.05) is 11.3 Å². The first-order valence-electron chi connectivity index (χ1n) is 7.10. The first-order chi connectivity index (χ1) is 11.2. The summed E-state index contributed by atoms with van der Waals surface area (Å²) in [5, 5.41) is 1.83. The van der Waals surface area contributed by atoms with Crippen LogP contribution in [0.15, 0.2) is 40.8 Å². The molecule has 0 aliphatic carbocycles. The van der Waals surface area contributed by atoms with Gasteiger partial charge in [-0.25, -0.2) is 4.98 Å². The maximum Gasteiger partial charge on any atom is 0.471 e. The van der Waals surface area contributed by atoms with E-state index in [1.165, 1.54) is 12.1 Å². The highest BCUT2D eigenvalue weighted by atomic mass is 19.4. The molecule has 0 aliphatic rings. The molecule has 1 heterocycles. The van der Waals surface area contributed by atoms with E-state index in [-0.39, 0.29) is 5.69 Å². The van der Waals surface area contributed by atoms with Gasteiger partial charge in [-0.2, -0.15) is 13.2 Å². The van der Waals surface area contributed by atoms with Crippen LogP contribution in [0.1, 0.15) is 11.1 Å². The van der Waals surface area contributed by atoms with Gasteiger partial charge in [-0.1, -0.05) is 17.7 Å². The van der Waals surface area contributed by atoms with Crippen LogP contribution in [0.2, 0.25) is 0 Å². The molecule has 1 N–H and O–H groups in total. The van der Waals surface area contributed by atoms with E-state index >= 15 is 0 Å². The number of anilines is 1. The number of carbonyl (C=O) groups is 1. The summed E-state index contributed by atoms with van der Waals surface area (Å²) >= 11 is 0. The zero-order chi connectivity index (χ0) is 17.5. The number of benzene rings is 2. The van der Waals surface area contributed by atoms with E-state index in [1.807, 2.05) is 36.5 Å². The number of hydrogen-bond acceptors (Lipinski definition) is 3. The number of halogens is 3. The quantitative estimate of drug-likeness (QED) is 0.744. The Labute approximate surface area is 135 Å². The second-order valence-electron chi connectivity index (χ2n) is 5.48. The number of nitrogens with one attached hydrogen (secondary N) is 1. The molecular weight excluding hydrogens is 321 g/mol. The first-order valence-corrected chi connectivity index (χ1v) is 7.10. The third kappa shape index (κ3) is 3.10. The zero-order valence-electron chi connectivity index (χ0n) is 12.9. The Morgan fingerprint density at radius 2 is 1.92 bits per heavy atom. The van der Waals surface area contributed by atoms with Crippen molar-refractivity contribution < 1.29 is 22.4 Å². The molecular formula is C17H13F3N2O2. The Kier molecular flexibility index (Phi) is 3.79. The van der Waals surface area contributed by atoms with Crippen LogP contribution in [0.3, 0.4) is 0 Å². The fraction of sp³-hybridized carbons (Fsp3) is 0.176. The molecule has 7 heteroatoms. The third-order valence-electron chi connectivity index (χ3n) is 3.46. The second-order valence-corrected chi connectivity index (χ2v) is 5.48. The molecule has 24 heavy (non-hydrogen) atoms. The number of hydrogen-bond donors (Lipinski definition) is 1. The van der Waals surface area contributed by atoms with E-state index in [0.717, 1.165) is 11.1 Å². The molecule has 0 bridgehead atoms. The highest BCUT2D eigenvalue weighted by molar-refractivity contribution is 5.97. The molecule has 0 atom stereocenters. The van der Waals surface area contributed by atoms with Crippen molar-refractivity contribution in [3.8, 4) is 11.5 Å². The van der Waals surface area contributed by atoms with E-state index in [4.69, 9.17) is 4.42 Å². The lowest BCUT2D eigenvalue weighted by Crippen LogP contribution is -2.29. The Morgan fingerprint density at radius 1 is 1.17 bits per heavy atom. The minimum atomic E-state index is -4.95. The number of aryl methyl sites for hydroxylation is 2. The number of oxazole rings is 1. The topological polar surface area (TPSA) is 55.1 Å². The number of alkyl halides is 3. The predicted molar refractivity (Wildman–Crippen MR) is 83.6 cm³/mol. The van der Waals surface area contributed by atoms with Crippen LogP contribution in [0.5, 0.6) is 0 Å². The average molecular weight is 334 g/mol. The fourth-order valence-electron chi connectivity index (χ4n) is 2.38.